The van der Waals surface area contributed by atoms with Crippen molar-refractivity contribution in [1.82, 2.24) is 9.29 Å². The molecule has 194 valence electrons. The van der Waals surface area contributed by atoms with Gasteiger partial charge in [0.2, 0.25) is 21.8 Å². The molecule has 1 atom stereocenters. The number of hydrogen-bond donors (Lipinski definition) is 0. The molecule has 0 N–H and O–H groups in total. The zero-order valence-electron chi connectivity index (χ0n) is 20.9. The van der Waals surface area contributed by atoms with Crippen molar-refractivity contribution in [3.05, 3.63) is 78.4 Å². The molecule has 1 aliphatic carbocycles. The van der Waals surface area contributed by atoms with E-state index in [4.69, 9.17) is 4.42 Å². The van der Waals surface area contributed by atoms with E-state index in [9.17, 15) is 18.0 Å². The molecule has 8 nitrogen and oxygen atoms in total. The Balaban J connectivity index is 1.31. The topological polar surface area (TPSA) is 101 Å². The first-order chi connectivity index (χ1) is 18.3. The molecule has 9 heteroatoms. The summed E-state index contributed by atoms with van der Waals surface area (Å²) in [6.45, 7) is 1.89. The van der Waals surface area contributed by atoms with Crippen LogP contribution < -0.4 is 4.90 Å². The number of benzene rings is 3. The fourth-order valence-electron chi connectivity index (χ4n) is 5.44. The van der Waals surface area contributed by atoms with E-state index in [1.54, 1.807) is 48.5 Å². The van der Waals surface area contributed by atoms with Gasteiger partial charge in [-0.25, -0.2) is 18.3 Å². The highest BCUT2D eigenvalue weighted by atomic mass is 32.2. The van der Waals surface area contributed by atoms with Gasteiger partial charge in [0.1, 0.15) is 11.6 Å². The summed E-state index contributed by atoms with van der Waals surface area (Å²) in [7, 11) is -3.99. The highest BCUT2D eigenvalue weighted by molar-refractivity contribution is 7.89. The normalized spacial score (nSPS) is 18.8. The largest absolute Gasteiger partial charge is 0.436 e. The summed E-state index contributed by atoms with van der Waals surface area (Å²) in [6, 6.07) is 19.5. The molecule has 2 amide bonds. The number of nitrogens with zero attached hydrogens (tertiary/aromatic N) is 3. The smallest absolute Gasteiger partial charge is 0.252 e. The van der Waals surface area contributed by atoms with E-state index in [2.05, 4.69) is 4.98 Å². The molecule has 4 aromatic rings. The predicted octanol–water partition coefficient (Wildman–Crippen LogP) is 5.07. The Hall–Kier alpha value is -3.82. The average Bonchev–Trinajstić information content (AvgIpc) is 3.65. The second-order valence-electron chi connectivity index (χ2n) is 9.91. The molecular formula is C29H27N3O5S. The van der Waals surface area contributed by atoms with Gasteiger partial charge < -0.3 is 4.42 Å². The molecular weight excluding hydrogens is 502 g/mol. The lowest BCUT2D eigenvalue weighted by Gasteiger charge is -2.32. The van der Waals surface area contributed by atoms with E-state index in [1.807, 2.05) is 31.2 Å². The van der Waals surface area contributed by atoms with Crippen molar-refractivity contribution >= 4 is 38.6 Å². The molecule has 3 aromatic carbocycles. The van der Waals surface area contributed by atoms with Crippen LogP contribution in [0.25, 0.3) is 22.6 Å². The Kier molecular flexibility index (Phi) is 6.12. The van der Waals surface area contributed by atoms with Gasteiger partial charge in [0.25, 0.3) is 5.91 Å². The van der Waals surface area contributed by atoms with Crippen LogP contribution in [0, 0.1) is 6.92 Å². The molecule has 1 saturated carbocycles. The average molecular weight is 530 g/mol. The van der Waals surface area contributed by atoms with Gasteiger partial charge in [-0.05, 0) is 68.3 Å². The molecule has 2 aliphatic rings. The summed E-state index contributed by atoms with van der Waals surface area (Å²) >= 11 is 0. The van der Waals surface area contributed by atoms with Gasteiger partial charge in [-0.1, -0.05) is 42.7 Å². The number of fused-ring (bicyclic) bond motifs is 1. The third kappa shape index (κ3) is 4.21. The Morgan fingerprint density at radius 3 is 2.29 bits per heavy atom. The summed E-state index contributed by atoms with van der Waals surface area (Å²) in [4.78, 5) is 32.6. The third-order valence-corrected chi connectivity index (χ3v) is 9.35. The van der Waals surface area contributed by atoms with Crippen molar-refractivity contribution < 1.29 is 22.4 Å². The molecule has 0 spiro atoms. The summed E-state index contributed by atoms with van der Waals surface area (Å²) in [5, 5.41) is 0. The van der Waals surface area contributed by atoms with Gasteiger partial charge >= 0.3 is 0 Å². The van der Waals surface area contributed by atoms with Crippen LogP contribution in [-0.4, -0.2) is 41.6 Å². The maximum Gasteiger partial charge on any atom is 0.252 e. The van der Waals surface area contributed by atoms with Gasteiger partial charge in [-0.2, -0.15) is 4.31 Å². The Morgan fingerprint density at radius 1 is 0.921 bits per heavy atom. The number of para-hydroxylation sites is 2. The minimum Gasteiger partial charge on any atom is -0.436 e. The SMILES string of the molecule is Cc1ccc(S(=O)(=O)N(C2CCCC2)C2CC(=O)N(c3ccc(-c4nc5ccccc5o4)cc3)C2=O)cc1. The number of anilines is 1. The number of sulfonamides is 1. The maximum absolute atomic E-state index is 13.8. The minimum atomic E-state index is -3.99. The number of rotatable bonds is 6. The van der Waals surface area contributed by atoms with Crippen molar-refractivity contribution in [2.75, 3.05) is 4.90 Å². The fourth-order valence-corrected chi connectivity index (χ4v) is 7.27. The van der Waals surface area contributed by atoms with Gasteiger partial charge in [-0.15, -0.1) is 0 Å². The van der Waals surface area contributed by atoms with Crippen molar-refractivity contribution in [3.63, 3.8) is 0 Å². The van der Waals surface area contributed by atoms with Crippen LogP contribution in [0.15, 0.2) is 82.1 Å². The second-order valence-corrected chi connectivity index (χ2v) is 11.8. The molecule has 2 heterocycles. The number of aryl methyl sites for hydroxylation is 1. The lowest BCUT2D eigenvalue weighted by atomic mass is 10.1. The van der Waals surface area contributed by atoms with Crippen LogP contribution in [0.1, 0.15) is 37.7 Å². The van der Waals surface area contributed by atoms with Crippen LogP contribution >= 0.6 is 0 Å². The summed E-state index contributed by atoms with van der Waals surface area (Å²) in [6.07, 6.45) is 2.93. The number of hydrogen-bond acceptors (Lipinski definition) is 6. The molecule has 38 heavy (non-hydrogen) atoms. The van der Waals surface area contributed by atoms with E-state index in [-0.39, 0.29) is 17.4 Å². The maximum atomic E-state index is 13.8. The predicted molar refractivity (Wildman–Crippen MR) is 143 cm³/mol. The monoisotopic (exact) mass is 529 g/mol. The van der Waals surface area contributed by atoms with E-state index in [0.29, 0.717) is 35.6 Å². The highest BCUT2D eigenvalue weighted by Crippen LogP contribution is 2.36. The lowest BCUT2D eigenvalue weighted by Crippen LogP contribution is -2.49. The first-order valence-corrected chi connectivity index (χ1v) is 14.2. The summed E-state index contributed by atoms with van der Waals surface area (Å²) < 4.78 is 34.8. The fraction of sp³-hybridized carbons (Fsp3) is 0.276. The van der Waals surface area contributed by atoms with Gasteiger partial charge in [0.15, 0.2) is 5.58 Å². The number of amides is 2. The van der Waals surface area contributed by atoms with Gasteiger partial charge in [0, 0.05) is 11.6 Å². The molecule has 0 bridgehead atoms. The van der Waals surface area contributed by atoms with Crippen LogP contribution in [0.4, 0.5) is 5.69 Å². The number of aromatic nitrogens is 1. The zero-order valence-corrected chi connectivity index (χ0v) is 21.7. The van der Waals surface area contributed by atoms with Gasteiger partial charge in [0.05, 0.1) is 17.0 Å². The first-order valence-electron chi connectivity index (χ1n) is 12.8. The lowest BCUT2D eigenvalue weighted by molar-refractivity contribution is -0.122. The van der Waals surface area contributed by atoms with E-state index < -0.39 is 27.9 Å². The third-order valence-electron chi connectivity index (χ3n) is 7.38. The molecule has 1 aliphatic heterocycles. The number of carbonyl (C=O) groups excluding carboxylic acids is 2. The van der Waals surface area contributed by atoms with Crippen LogP contribution in [0.5, 0.6) is 0 Å². The minimum absolute atomic E-state index is 0.136. The summed E-state index contributed by atoms with van der Waals surface area (Å²) in [5.74, 6) is -0.504. The Morgan fingerprint density at radius 2 is 1.61 bits per heavy atom. The number of imide groups is 1. The van der Waals surface area contributed by atoms with Crippen molar-refractivity contribution in [2.24, 2.45) is 0 Å². The quantitative estimate of drug-likeness (QED) is 0.323. The first kappa shape index (κ1) is 24.5. The van der Waals surface area contributed by atoms with E-state index in [1.165, 1.54) is 4.31 Å². The van der Waals surface area contributed by atoms with Crippen LogP contribution in [0.3, 0.4) is 0 Å². The molecule has 0 radical (unpaired) electrons. The van der Waals surface area contributed by atoms with Crippen molar-refractivity contribution in [2.45, 2.75) is 56.0 Å². The van der Waals surface area contributed by atoms with Crippen LogP contribution in [0.2, 0.25) is 0 Å². The molecule has 2 fully saturated rings. The van der Waals surface area contributed by atoms with Crippen LogP contribution in [-0.2, 0) is 19.6 Å². The Bertz CT molecular complexity index is 1590. The number of carbonyl (C=O) groups is 2. The van der Waals surface area contributed by atoms with E-state index in [0.717, 1.165) is 28.8 Å². The zero-order chi connectivity index (χ0) is 26.4. The summed E-state index contributed by atoms with van der Waals surface area (Å²) in [5.41, 5.74) is 3.44. The molecule has 1 unspecified atom stereocenters. The molecule has 1 aromatic heterocycles. The van der Waals surface area contributed by atoms with Crippen molar-refractivity contribution in [3.8, 4) is 11.5 Å². The molecule has 1 saturated heterocycles. The van der Waals surface area contributed by atoms with Crippen molar-refractivity contribution in [1.29, 1.82) is 0 Å². The highest BCUT2D eigenvalue weighted by Gasteiger charge is 2.49. The second kappa shape index (κ2) is 9.49. The van der Waals surface area contributed by atoms with E-state index >= 15 is 0 Å². The Labute approximate surface area is 220 Å². The standard InChI is InChI=1S/C29H27N3O5S/c1-19-10-16-23(17-11-19)38(35,36)32(22-6-2-3-7-22)25-18-27(33)31(29(25)34)21-14-12-20(13-15-21)28-30-24-8-4-5-9-26(24)37-28/h4-5,8-17,22,25H,2-3,6-7,18H2,1H3. The molecule has 6 rings (SSSR count). The van der Waals surface area contributed by atoms with Gasteiger partial charge in [-0.3, -0.25) is 9.59 Å². The number of oxazole rings is 1.